The van der Waals surface area contributed by atoms with E-state index in [-0.39, 0.29) is 17.5 Å². The summed E-state index contributed by atoms with van der Waals surface area (Å²) in [4.78, 5) is 26.0. The van der Waals surface area contributed by atoms with Gasteiger partial charge in [-0.1, -0.05) is 53.5 Å². The number of nitrogens with one attached hydrogen (secondary N) is 2. The number of hydrazone groups is 1. The summed E-state index contributed by atoms with van der Waals surface area (Å²) in [7, 11) is 1.55. The summed E-state index contributed by atoms with van der Waals surface area (Å²) in [5.41, 5.74) is 4.06. The molecule has 39 heavy (non-hydrogen) atoms. The molecular formula is C29H31Cl2N3O5. The third kappa shape index (κ3) is 9.19. The fraction of sp³-hybridized carbons (Fsp3) is 0.276. The van der Waals surface area contributed by atoms with Gasteiger partial charge < -0.3 is 19.5 Å². The van der Waals surface area contributed by atoms with Crippen LogP contribution in [-0.2, 0) is 16.0 Å². The Morgan fingerprint density at radius 1 is 0.897 bits per heavy atom. The minimum atomic E-state index is -0.933. The van der Waals surface area contributed by atoms with Crippen LogP contribution in [-0.4, -0.2) is 43.4 Å². The van der Waals surface area contributed by atoms with Crippen LogP contribution in [0.15, 0.2) is 71.8 Å². The predicted molar refractivity (Wildman–Crippen MR) is 153 cm³/mol. The van der Waals surface area contributed by atoms with Gasteiger partial charge in [0, 0.05) is 11.4 Å². The molecule has 0 fully saturated rings. The number of amides is 2. The Morgan fingerprint density at radius 3 is 2.28 bits per heavy atom. The molecular weight excluding hydrogens is 541 g/mol. The van der Waals surface area contributed by atoms with Gasteiger partial charge in [-0.2, -0.15) is 5.10 Å². The van der Waals surface area contributed by atoms with Crippen molar-refractivity contribution in [3.8, 4) is 17.2 Å². The minimum absolute atomic E-state index is 0.00856. The van der Waals surface area contributed by atoms with Gasteiger partial charge in [0.15, 0.2) is 17.6 Å². The molecule has 0 radical (unpaired) electrons. The van der Waals surface area contributed by atoms with Gasteiger partial charge in [-0.15, -0.1) is 0 Å². The third-order valence-corrected chi connectivity index (χ3v) is 5.95. The highest BCUT2D eigenvalue weighted by Gasteiger charge is 2.25. The molecule has 0 heterocycles. The van der Waals surface area contributed by atoms with Crippen molar-refractivity contribution in [3.05, 3.63) is 87.9 Å². The number of ether oxygens (including phenoxy) is 3. The molecule has 3 rings (SSSR count). The van der Waals surface area contributed by atoms with Crippen molar-refractivity contribution in [3.63, 3.8) is 0 Å². The number of methoxy groups -OCH3 is 1. The zero-order chi connectivity index (χ0) is 28.4. The van der Waals surface area contributed by atoms with Crippen molar-refractivity contribution in [1.82, 2.24) is 10.7 Å². The molecule has 3 aromatic rings. The molecule has 2 N–H and O–H groups in total. The zero-order valence-corrected chi connectivity index (χ0v) is 23.6. The molecule has 206 valence electrons. The standard InChI is InChI=1S/C29H31Cl2N3O5/c1-18(2)38-26-12-10-21(15-27(26)37-4)17-32-34-29(36)24(14-20-8-6-5-7-9-20)33-28(35)19(3)39-25-13-11-22(30)16-23(25)31/h5-13,15-19,24H,14H2,1-4H3,(H,33,35)(H,34,36)/b32-17-/t19-,24-/m1/s1. The summed E-state index contributed by atoms with van der Waals surface area (Å²) in [5.74, 6) is 0.467. The number of hydrogen-bond acceptors (Lipinski definition) is 6. The molecule has 8 nitrogen and oxygen atoms in total. The first-order chi connectivity index (χ1) is 18.7. The van der Waals surface area contributed by atoms with Crippen molar-refractivity contribution >= 4 is 41.2 Å². The largest absolute Gasteiger partial charge is 0.493 e. The third-order valence-electron chi connectivity index (χ3n) is 5.42. The Morgan fingerprint density at radius 2 is 1.62 bits per heavy atom. The maximum atomic E-state index is 13.1. The quantitative estimate of drug-likeness (QED) is 0.223. The van der Waals surface area contributed by atoms with E-state index in [0.29, 0.717) is 27.8 Å². The lowest BCUT2D eigenvalue weighted by Crippen LogP contribution is -2.50. The van der Waals surface area contributed by atoms with Crippen LogP contribution in [0, 0.1) is 0 Å². The van der Waals surface area contributed by atoms with E-state index in [2.05, 4.69) is 15.8 Å². The minimum Gasteiger partial charge on any atom is -0.493 e. The highest BCUT2D eigenvalue weighted by Crippen LogP contribution is 2.29. The van der Waals surface area contributed by atoms with E-state index in [0.717, 1.165) is 5.56 Å². The number of benzene rings is 3. The highest BCUT2D eigenvalue weighted by molar-refractivity contribution is 6.35. The maximum Gasteiger partial charge on any atom is 0.262 e. The van der Waals surface area contributed by atoms with Crippen molar-refractivity contribution in [1.29, 1.82) is 0 Å². The second-order valence-corrected chi connectivity index (χ2v) is 9.74. The van der Waals surface area contributed by atoms with Crippen LogP contribution in [0.25, 0.3) is 0 Å². The van der Waals surface area contributed by atoms with Crippen LogP contribution in [0.4, 0.5) is 0 Å². The van der Waals surface area contributed by atoms with Gasteiger partial charge in [0.25, 0.3) is 11.8 Å². The van der Waals surface area contributed by atoms with Gasteiger partial charge >= 0.3 is 0 Å². The molecule has 3 aromatic carbocycles. The molecule has 0 aromatic heterocycles. The first kappa shape index (κ1) is 29.8. The molecule has 10 heteroatoms. The summed E-state index contributed by atoms with van der Waals surface area (Å²) >= 11 is 12.1. The second kappa shape index (κ2) is 14.4. The van der Waals surface area contributed by atoms with Gasteiger partial charge in [0.1, 0.15) is 11.8 Å². The molecule has 0 spiro atoms. The van der Waals surface area contributed by atoms with Gasteiger partial charge in [-0.25, -0.2) is 5.43 Å². The smallest absolute Gasteiger partial charge is 0.262 e. The van der Waals surface area contributed by atoms with Crippen molar-refractivity contribution in [2.24, 2.45) is 5.10 Å². The van der Waals surface area contributed by atoms with Gasteiger partial charge in [-0.05, 0) is 68.3 Å². The predicted octanol–water partition coefficient (Wildman–Crippen LogP) is 5.43. The van der Waals surface area contributed by atoms with Crippen LogP contribution in [0.2, 0.25) is 10.0 Å². The maximum absolute atomic E-state index is 13.1. The van der Waals surface area contributed by atoms with E-state index in [9.17, 15) is 9.59 Å². The Bertz CT molecular complexity index is 1300. The topological polar surface area (TPSA) is 98.2 Å². The highest BCUT2D eigenvalue weighted by atomic mass is 35.5. The van der Waals surface area contributed by atoms with Gasteiger partial charge in [0.05, 0.1) is 24.5 Å². The lowest BCUT2D eigenvalue weighted by atomic mass is 10.1. The van der Waals surface area contributed by atoms with E-state index in [1.165, 1.54) is 12.3 Å². The molecule has 2 amide bonds. The number of nitrogens with zero attached hydrogens (tertiary/aromatic N) is 1. The first-order valence-electron chi connectivity index (χ1n) is 12.3. The van der Waals surface area contributed by atoms with E-state index in [1.54, 1.807) is 44.4 Å². The van der Waals surface area contributed by atoms with Crippen LogP contribution < -0.4 is 25.0 Å². The Labute approximate surface area is 238 Å². The number of carbonyl (C=O) groups is 2. The van der Waals surface area contributed by atoms with Crippen LogP contribution >= 0.6 is 23.2 Å². The lowest BCUT2D eigenvalue weighted by molar-refractivity contribution is -0.132. The van der Waals surface area contributed by atoms with Crippen LogP contribution in [0.1, 0.15) is 31.9 Å². The van der Waals surface area contributed by atoms with Crippen molar-refractivity contribution in [2.75, 3.05) is 7.11 Å². The molecule has 0 saturated carbocycles. The van der Waals surface area contributed by atoms with E-state index in [1.807, 2.05) is 44.2 Å². The Balaban J connectivity index is 1.69. The second-order valence-electron chi connectivity index (χ2n) is 8.90. The Kier molecular flexibility index (Phi) is 11.0. The van der Waals surface area contributed by atoms with E-state index >= 15 is 0 Å². The molecule has 0 unspecified atom stereocenters. The van der Waals surface area contributed by atoms with Crippen LogP contribution in [0.5, 0.6) is 17.2 Å². The number of carbonyl (C=O) groups excluding carboxylic acids is 2. The fourth-order valence-corrected chi connectivity index (χ4v) is 3.98. The zero-order valence-electron chi connectivity index (χ0n) is 22.1. The monoisotopic (exact) mass is 571 g/mol. The average molecular weight is 572 g/mol. The number of halogens is 2. The molecule has 0 aliphatic heterocycles. The number of rotatable bonds is 12. The summed E-state index contributed by atoms with van der Waals surface area (Å²) in [6.45, 7) is 5.42. The molecule has 0 saturated heterocycles. The molecule has 0 aliphatic rings. The van der Waals surface area contributed by atoms with Gasteiger partial charge in [-0.3, -0.25) is 9.59 Å². The Hall–Kier alpha value is -3.75. The number of hydrogen-bond donors (Lipinski definition) is 2. The summed E-state index contributed by atoms with van der Waals surface area (Å²) in [6.07, 6.45) is 0.787. The fourth-order valence-electron chi connectivity index (χ4n) is 3.53. The summed E-state index contributed by atoms with van der Waals surface area (Å²) in [5, 5.41) is 7.55. The molecule has 0 bridgehead atoms. The summed E-state index contributed by atoms with van der Waals surface area (Å²) < 4.78 is 16.8. The summed E-state index contributed by atoms with van der Waals surface area (Å²) in [6, 6.07) is 18.4. The SMILES string of the molecule is COc1cc(/C=N\NC(=O)[C@@H](Cc2ccccc2)NC(=O)[C@@H](C)Oc2ccc(Cl)cc2Cl)ccc1OC(C)C. The lowest BCUT2D eigenvalue weighted by Gasteiger charge is -2.21. The van der Waals surface area contributed by atoms with E-state index in [4.69, 9.17) is 37.4 Å². The first-order valence-corrected chi connectivity index (χ1v) is 13.1. The normalized spacial score (nSPS) is 12.6. The van der Waals surface area contributed by atoms with Crippen LogP contribution in [0.3, 0.4) is 0 Å². The molecule has 2 atom stereocenters. The van der Waals surface area contributed by atoms with Crippen molar-refractivity contribution in [2.45, 2.75) is 45.4 Å². The van der Waals surface area contributed by atoms with Crippen molar-refractivity contribution < 1.29 is 23.8 Å². The van der Waals surface area contributed by atoms with E-state index < -0.39 is 24.0 Å². The van der Waals surface area contributed by atoms with Gasteiger partial charge in [0.2, 0.25) is 0 Å². The average Bonchev–Trinajstić information content (AvgIpc) is 2.90. The molecule has 0 aliphatic carbocycles.